The molecule has 0 aliphatic rings. The first-order chi connectivity index (χ1) is 18.5. The van der Waals surface area contributed by atoms with Crippen LogP contribution in [0.15, 0.2) is 101 Å². The topological polar surface area (TPSA) is 158 Å². The van der Waals surface area contributed by atoms with Gasteiger partial charge in [0, 0.05) is 16.9 Å². The summed E-state index contributed by atoms with van der Waals surface area (Å²) in [7, 11) is 0. The van der Waals surface area contributed by atoms with Gasteiger partial charge < -0.3 is 25.3 Å². The molecule has 5 N–H and O–H groups in total. The van der Waals surface area contributed by atoms with Crippen molar-refractivity contribution in [3.05, 3.63) is 102 Å². The molecule has 0 unspecified atom stereocenters. The molecule has 0 fully saturated rings. The first-order valence-electron chi connectivity index (χ1n) is 11.4. The summed E-state index contributed by atoms with van der Waals surface area (Å²) in [6.07, 6.45) is 1.43. The van der Waals surface area contributed by atoms with Crippen molar-refractivity contribution in [3.8, 4) is 17.1 Å². The minimum Gasteiger partial charge on any atom is -0.507 e. The van der Waals surface area contributed by atoms with E-state index in [9.17, 15) is 15.0 Å². The van der Waals surface area contributed by atoms with Gasteiger partial charge in [0.15, 0.2) is 0 Å². The largest absolute Gasteiger partial charge is 0.507 e. The van der Waals surface area contributed by atoms with Crippen LogP contribution >= 0.6 is 0 Å². The number of hydrogen-bond donors (Lipinski definition) is 5. The van der Waals surface area contributed by atoms with Crippen molar-refractivity contribution < 1.29 is 19.4 Å². The fourth-order valence-corrected chi connectivity index (χ4v) is 3.43. The minimum absolute atomic E-state index is 0.185. The summed E-state index contributed by atoms with van der Waals surface area (Å²) in [5, 5.41) is 29.4. The lowest BCUT2D eigenvalue weighted by atomic mass is 10.1. The molecule has 0 aliphatic heterocycles. The number of aromatic carboxylic acids is 1. The lowest BCUT2D eigenvalue weighted by molar-refractivity contribution is 0.0694. The van der Waals surface area contributed by atoms with Crippen LogP contribution in [0.1, 0.15) is 16.1 Å². The molecule has 11 heteroatoms. The molecule has 0 saturated heterocycles. The fourth-order valence-electron chi connectivity index (χ4n) is 3.43. The number of nitrogens with zero attached hydrogens (tertiary/aromatic N) is 4. The molecule has 5 aromatic rings. The number of benzene rings is 3. The van der Waals surface area contributed by atoms with Crippen LogP contribution in [0.3, 0.4) is 0 Å². The quantitative estimate of drug-likeness (QED) is 0.128. The number of rotatable bonds is 9. The van der Waals surface area contributed by atoms with E-state index < -0.39 is 5.97 Å². The van der Waals surface area contributed by atoms with Crippen LogP contribution in [0.2, 0.25) is 0 Å². The van der Waals surface area contributed by atoms with E-state index in [0.29, 0.717) is 29.0 Å². The van der Waals surface area contributed by atoms with Gasteiger partial charge in [0.1, 0.15) is 22.8 Å². The van der Waals surface area contributed by atoms with Gasteiger partial charge in [-0.15, -0.1) is 0 Å². The highest BCUT2D eigenvalue weighted by Crippen LogP contribution is 2.27. The summed E-state index contributed by atoms with van der Waals surface area (Å²) in [6, 6.07) is 26.5. The van der Waals surface area contributed by atoms with Gasteiger partial charge in [0.2, 0.25) is 17.8 Å². The number of hydrogen-bond acceptors (Lipinski definition) is 10. The summed E-state index contributed by atoms with van der Waals surface area (Å²) in [4.78, 5) is 24.5. The first kappa shape index (κ1) is 24.0. The number of carboxylic acids is 1. The van der Waals surface area contributed by atoms with E-state index in [-0.39, 0.29) is 17.3 Å². The highest BCUT2D eigenvalue weighted by atomic mass is 16.4. The summed E-state index contributed by atoms with van der Waals surface area (Å²) < 4.78 is 5.75. The molecule has 0 amide bonds. The van der Waals surface area contributed by atoms with Gasteiger partial charge in [0.25, 0.3) is 0 Å². The summed E-state index contributed by atoms with van der Waals surface area (Å²) >= 11 is 0. The van der Waals surface area contributed by atoms with E-state index in [0.717, 1.165) is 11.4 Å². The number of phenols is 1. The summed E-state index contributed by atoms with van der Waals surface area (Å²) in [6.45, 7) is 0. The third kappa shape index (κ3) is 5.91. The fraction of sp³-hybridized carbons (Fsp3) is 0. The number of carboxylic acid groups (broad SMARTS) is 1. The van der Waals surface area contributed by atoms with Crippen molar-refractivity contribution in [2.75, 3.05) is 16.1 Å². The van der Waals surface area contributed by atoms with Crippen LogP contribution < -0.4 is 16.1 Å². The molecule has 5 rings (SSSR count). The third-order valence-corrected chi connectivity index (χ3v) is 5.19. The monoisotopic (exact) mass is 507 g/mol. The smallest absolute Gasteiger partial charge is 0.339 e. The van der Waals surface area contributed by atoms with Gasteiger partial charge in [-0.3, -0.25) is 0 Å². The molecule has 38 heavy (non-hydrogen) atoms. The molecule has 2 heterocycles. The van der Waals surface area contributed by atoms with E-state index in [4.69, 9.17) is 4.42 Å². The van der Waals surface area contributed by atoms with E-state index in [1.165, 1.54) is 18.3 Å². The van der Waals surface area contributed by atoms with Gasteiger partial charge in [-0.05, 0) is 54.6 Å². The Morgan fingerprint density at radius 1 is 0.789 bits per heavy atom. The van der Waals surface area contributed by atoms with Gasteiger partial charge in [0.05, 0.1) is 6.21 Å². The Morgan fingerprint density at radius 3 is 2.00 bits per heavy atom. The van der Waals surface area contributed by atoms with Crippen molar-refractivity contribution in [1.29, 1.82) is 0 Å². The van der Waals surface area contributed by atoms with Crippen molar-refractivity contribution in [3.63, 3.8) is 0 Å². The molecule has 188 valence electrons. The molecular weight excluding hydrogens is 486 g/mol. The predicted octanol–water partition coefficient (Wildman–Crippen LogP) is 5.47. The highest BCUT2D eigenvalue weighted by Gasteiger charge is 2.13. The standard InChI is InChI=1S/C27H21N7O4/c35-22-13-11-17(15-21(22)24(36)37)23-14-12-20(38-23)16-28-34-27-32-25(29-18-7-3-1-4-8-18)31-26(33-27)30-19-9-5-2-6-10-19/h1-16,35H,(H,36,37)(H3,29,30,31,32,33,34). The lowest BCUT2D eigenvalue weighted by Gasteiger charge is -2.10. The van der Waals surface area contributed by atoms with Crippen LogP contribution in [0.4, 0.5) is 29.2 Å². The molecule has 0 aliphatic carbocycles. The second-order valence-corrected chi connectivity index (χ2v) is 7.90. The molecule has 3 aromatic carbocycles. The van der Waals surface area contributed by atoms with Crippen LogP contribution in [0.5, 0.6) is 5.75 Å². The Hall–Kier alpha value is -5.71. The summed E-state index contributed by atoms with van der Waals surface area (Å²) in [5.74, 6) is 0.0624. The Morgan fingerprint density at radius 2 is 1.39 bits per heavy atom. The number of anilines is 5. The predicted molar refractivity (Wildman–Crippen MR) is 143 cm³/mol. The number of aromatic hydroxyl groups is 1. The van der Waals surface area contributed by atoms with Gasteiger partial charge in [-0.25, -0.2) is 10.2 Å². The Kier molecular flexibility index (Phi) is 6.89. The number of furan rings is 1. The minimum atomic E-state index is -1.23. The molecule has 0 bridgehead atoms. The number of carbonyl (C=O) groups is 1. The average Bonchev–Trinajstić information content (AvgIpc) is 3.39. The van der Waals surface area contributed by atoms with Gasteiger partial charge in [-0.2, -0.15) is 20.1 Å². The molecule has 0 atom stereocenters. The van der Waals surface area contributed by atoms with Gasteiger partial charge in [-0.1, -0.05) is 36.4 Å². The maximum Gasteiger partial charge on any atom is 0.339 e. The average molecular weight is 508 g/mol. The third-order valence-electron chi connectivity index (χ3n) is 5.19. The SMILES string of the molecule is O=C(O)c1cc(-c2ccc(C=NNc3nc(Nc4ccccc4)nc(Nc4ccccc4)n3)o2)ccc1O. The number of nitrogens with one attached hydrogen (secondary N) is 3. The Balaban J connectivity index is 1.34. The maximum atomic E-state index is 11.3. The van der Waals surface area contributed by atoms with E-state index in [2.05, 4.69) is 36.1 Å². The Labute approximate surface area is 216 Å². The lowest BCUT2D eigenvalue weighted by Crippen LogP contribution is -2.07. The number of para-hydroxylation sites is 2. The second kappa shape index (κ2) is 10.9. The Bertz CT molecular complexity index is 1530. The second-order valence-electron chi connectivity index (χ2n) is 7.90. The molecule has 11 nitrogen and oxygen atoms in total. The molecular formula is C27H21N7O4. The first-order valence-corrected chi connectivity index (χ1v) is 11.4. The van der Waals surface area contributed by atoms with Crippen LogP contribution in [-0.2, 0) is 0 Å². The maximum absolute atomic E-state index is 11.3. The van der Waals surface area contributed by atoms with Crippen LogP contribution in [-0.4, -0.2) is 37.3 Å². The zero-order valence-corrected chi connectivity index (χ0v) is 19.7. The molecule has 0 spiro atoms. The van der Waals surface area contributed by atoms with Crippen LogP contribution in [0, 0.1) is 0 Å². The van der Waals surface area contributed by atoms with Crippen molar-refractivity contribution in [1.82, 2.24) is 15.0 Å². The van der Waals surface area contributed by atoms with E-state index >= 15 is 0 Å². The molecule has 2 aromatic heterocycles. The highest BCUT2D eigenvalue weighted by molar-refractivity contribution is 5.92. The van der Waals surface area contributed by atoms with Crippen molar-refractivity contribution in [2.45, 2.75) is 0 Å². The normalized spacial score (nSPS) is 10.8. The van der Waals surface area contributed by atoms with Crippen LogP contribution in [0.25, 0.3) is 11.3 Å². The number of aromatic nitrogens is 3. The van der Waals surface area contributed by atoms with Crippen molar-refractivity contribution >= 4 is 41.4 Å². The zero-order chi connectivity index (χ0) is 26.3. The molecule has 0 radical (unpaired) electrons. The molecule has 0 saturated carbocycles. The number of hydrazone groups is 1. The van der Waals surface area contributed by atoms with Crippen molar-refractivity contribution in [2.24, 2.45) is 5.10 Å². The van der Waals surface area contributed by atoms with E-state index in [1.54, 1.807) is 18.2 Å². The van der Waals surface area contributed by atoms with Gasteiger partial charge >= 0.3 is 5.97 Å². The summed E-state index contributed by atoms with van der Waals surface area (Å²) in [5.41, 5.74) is 4.68. The van der Waals surface area contributed by atoms with E-state index in [1.807, 2.05) is 60.7 Å². The zero-order valence-electron chi connectivity index (χ0n) is 19.7.